The van der Waals surface area contributed by atoms with Crippen molar-refractivity contribution in [3.63, 3.8) is 0 Å². The van der Waals surface area contributed by atoms with Gasteiger partial charge in [0.25, 0.3) is 0 Å². The van der Waals surface area contributed by atoms with Crippen LogP contribution in [-0.4, -0.2) is 15.3 Å². The molecule has 2 rings (SSSR count). The summed E-state index contributed by atoms with van der Waals surface area (Å²) in [5, 5.41) is 19.8. The average Bonchev–Trinajstić information content (AvgIpc) is 2.49. The van der Waals surface area contributed by atoms with Crippen molar-refractivity contribution >= 4 is 34.4 Å². The van der Waals surface area contributed by atoms with Gasteiger partial charge in [0.2, 0.25) is 5.13 Å². The minimum Gasteiger partial charge on any atom is -0.508 e. The fourth-order valence-electron chi connectivity index (χ4n) is 1.24. The van der Waals surface area contributed by atoms with Crippen LogP contribution < -0.4 is 5.32 Å². The van der Waals surface area contributed by atoms with E-state index in [0.29, 0.717) is 9.09 Å². The third-order valence-corrected chi connectivity index (χ3v) is 2.76. The summed E-state index contributed by atoms with van der Waals surface area (Å²) in [4.78, 5) is 0. The third kappa shape index (κ3) is 2.54. The summed E-state index contributed by atoms with van der Waals surface area (Å²) in [6.45, 7) is 1.91. The molecule has 0 spiro atoms. The predicted molar refractivity (Wildman–Crippen MR) is 63.4 cm³/mol. The van der Waals surface area contributed by atoms with Crippen LogP contribution in [0.5, 0.6) is 5.75 Å². The number of rotatable bonds is 2. The Morgan fingerprint density at radius 1 is 1.47 bits per heavy atom. The van der Waals surface area contributed by atoms with E-state index in [4.69, 9.17) is 12.2 Å². The van der Waals surface area contributed by atoms with Crippen molar-refractivity contribution in [2.45, 2.75) is 6.92 Å². The van der Waals surface area contributed by atoms with E-state index in [0.717, 1.165) is 11.3 Å². The minimum absolute atomic E-state index is 0.233. The molecule has 0 aliphatic rings. The first-order valence-corrected chi connectivity index (χ1v) is 5.49. The number of phenolic OH excluding ortho intramolecular Hbond substituents is 1. The van der Waals surface area contributed by atoms with Crippen LogP contribution in [0.2, 0.25) is 0 Å². The number of H-pyrrole nitrogens is 1. The Labute approximate surface area is 95.6 Å². The van der Waals surface area contributed by atoms with E-state index in [1.807, 2.05) is 13.0 Å². The highest BCUT2D eigenvalue weighted by Crippen LogP contribution is 2.23. The average molecular weight is 239 g/mol. The SMILES string of the molecule is Cc1cc(O)cc(Nc2n[nH]c(=S)s2)c1. The molecule has 2 aromatic rings. The molecule has 0 bridgehead atoms. The number of aromatic hydroxyl groups is 1. The quantitative estimate of drug-likeness (QED) is 0.705. The Morgan fingerprint density at radius 2 is 2.27 bits per heavy atom. The zero-order valence-corrected chi connectivity index (χ0v) is 9.58. The van der Waals surface area contributed by atoms with Crippen LogP contribution in [0.3, 0.4) is 0 Å². The fraction of sp³-hybridized carbons (Fsp3) is 0.111. The Morgan fingerprint density at radius 3 is 2.87 bits per heavy atom. The predicted octanol–water partition coefficient (Wildman–Crippen LogP) is 2.96. The number of aryl methyl sites for hydroxylation is 1. The lowest BCUT2D eigenvalue weighted by Gasteiger charge is -2.03. The molecule has 0 saturated heterocycles. The van der Waals surface area contributed by atoms with Crippen molar-refractivity contribution in [3.8, 4) is 5.75 Å². The zero-order chi connectivity index (χ0) is 10.8. The normalized spacial score (nSPS) is 10.2. The minimum atomic E-state index is 0.233. The fourth-order valence-corrected chi connectivity index (χ4v) is 2.05. The Bertz CT molecular complexity index is 512. The Kier molecular flexibility index (Phi) is 2.70. The third-order valence-electron chi connectivity index (χ3n) is 1.75. The lowest BCUT2D eigenvalue weighted by molar-refractivity contribution is 0.475. The molecule has 0 atom stereocenters. The largest absolute Gasteiger partial charge is 0.508 e. The van der Waals surface area contributed by atoms with Crippen LogP contribution in [0.15, 0.2) is 18.2 Å². The summed E-state index contributed by atoms with van der Waals surface area (Å²) in [6.07, 6.45) is 0. The van der Waals surface area contributed by atoms with Gasteiger partial charge in [-0.2, -0.15) is 0 Å². The summed E-state index contributed by atoms with van der Waals surface area (Å²) < 4.78 is 0.620. The molecule has 0 aliphatic heterocycles. The maximum absolute atomic E-state index is 9.39. The van der Waals surface area contributed by atoms with Gasteiger partial charge in [0.1, 0.15) is 5.75 Å². The molecule has 0 aliphatic carbocycles. The molecule has 4 nitrogen and oxygen atoms in total. The molecule has 0 amide bonds. The maximum Gasteiger partial charge on any atom is 0.208 e. The number of nitrogens with zero attached hydrogens (tertiary/aromatic N) is 1. The first kappa shape index (κ1) is 10.1. The maximum atomic E-state index is 9.39. The number of aromatic nitrogens is 2. The molecular weight excluding hydrogens is 230 g/mol. The van der Waals surface area contributed by atoms with Gasteiger partial charge in [-0.25, -0.2) is 0 Å². The molecule has 1 heterocycles. The Hall–Kier alpha value is -1.40. The lowest BCUT2D eigenvalue weighted by atomic mass is 10.2. The van der Waals surface area contributed by atoms with Crippen LogP contribution in [-0.2, 0) is 0 Å². The standard InChI is InChI=1S/C9H9N3OS2/c1-5-2-6(4-7(13)3-5)10-8-11-12-9(14)15-8/h2-4,13H,1H3,(H,10,11)(H,12,14). The molecular formula is C9H9N3OS2. The first-order valence-electron chi connectivity index (χ1n) is 4.27. The van der Waals surface area contributed by atoms with Gasteiger partial charge in [-0.15, -0.1) is 5.10 Å². The number of nitrogens with one attached hydrogen (secondary N) is 2. The second-order valence-corrected chi connectivity index (χ2v) is 4.77. The second-order valence-electron chi connectivity index (χ2n) is 3.10. The molecule has 0 fully saturated rings. The van der Waals surface area contributed by atoms with Gasteiger partial charge >= 0.3 is 0 Å². The van der Waals surface area contributed by atoms with E-state index in [9.17, 15) is 5.11 Å². The molecule has 0 saturated carbocycles. The van der Waals surface area contributed by atoms with Gasteiger partial charge < -0.3 is 10.4 Å². The number of aromatic amines is 1. The van der Waals surface area contributed by atoms with Crippen molar-refractivity contribution in [1.29, 1.82) is 0 Å². The molecule has 1 aromatic carbocycles. The Balaban J connectivity index is 2.27. The molecule has 1 aromatic heterocycles. The van der Waals surface area contributed by atoms with Gasteiger partial charge in [-0.1, -0.05) is 11.3 Å². The summed E-state index contributed by atoms with van der Waals surface area (Å²) in [5.41, 5.74) is 1.78. The number of anilines is 2. The van der Waals surface area contributed by atoms with Crippen molar-refractivity contribution in [2.24, 2.45) is 0 Å². The molecule has 78 valence electrons. The molecule has 6 heteroatoms. The van der Waals surface area contributed by atoms with Crippen LogP contribution >= 0.6 is 23.6 Å². The number of hydrogen-bond acceptors (Lipinski definition) is 5. The van der Waals surface area contributed by atoms with E-state index in [2.05, 4.69) is 15.5 Å². The zero-order valence-electron chi connectivity index (χ0n) is 7.94. The topological polar surface area (TPSA) is 60.9 Å². The van der Waals surface area contributed by atoms with E-state index >= 15 is 0 Å². The van der Waals surface area contributed by atoms with Crippen LogP contribution in [0.1, 0.15) is 5.56 Å². The van der Waals surface area contributed by atoms with E-state index in [1.165, 1.54) is 11.3 Å². The van der Waals surface area contributed by atoms with E-state index < -0.39 is 0 Å². The van der Waals surface area contributed by atoms with Crippen molar-refractivity contribution in [3.05, 3.63) is 27.7 Å². The van der Waals surface area contributed by atoms with Crippen molar-refractivity contribution in [1.82, 2.24) is 10.2 Å². The van der Waals surface area contributed by atoms with Gasteiger partial charge in [-0.3, -0.25) is 5.10 Å². The smallest absolute Gasteiger partial charge is 0.208 e. The van der Waals surface area contributed by atoms with Crippen molar-refractivity contribution in [2.75, 3.05) is 5.32 Å². The highest BCUT2D eigenvalue weighted by Gasteiger charge is 2.00. The van der Waals surface area contributed by atoms with Gasteiger partial charge in [0, 0.05) is 11.8 Å². The highest BCUT2D eigenvalue weighted by atomic mass is 32.1. The summed E-state index contributed by atoms with van der Waals surface area (Å²) in [7, 11) is 0. The van der Waals surface area contributed by atoms with E-state index in [1.54, 1.807) is 12.1 Å². The van der Waals surface area contributed by atoms with Crippen molar-refractivity contribution < 1.29 is 5.11 Å². The number of benzene rings is 1. The first-order chi connectivity index (χ1) is 7.13. The van der Waals surface area contributed by atoms with Gasteiger partial charge in [0.05, 0.1) is 0 Å². The monoisotopic (exact) mass is 239 g/mol. The lowest BCUT2D eigenvalue weighted by Crippen LogP contribution is -1.89. The van der Waals surface area contributed by atoms with Crippen LogP contribution in [0.25, 0.3) is 0 Å². The number of phenols is 1. The molecule has 15 heavy (non-hydrogen) atoms. The van der Waals surface area contributed by atoms with Gasteiger partial charge in [-0.05, 0) is 36.8 Å². The van der Waals surface area contributed by atoms with Crippen LogP contribution in [0, 0.1) is 10.9 Å². The van der Waals surface area contributed by atoms with E-state index in [-0.39, 0.29) is 5.75 Å². The molecule has 0 radical (unpaired) electrons. The molecule has 0 unspecified atom stereocenters. The molecule has 3 N–H and O–H groups in total. The van der Waals surface area contributed by atoms with Gasteiger partial charge in [0.15, 0.2) is 3.95 Å². The highest BCUT2D eigenvalue weighted by molar-refractivity contribution is 7.73. The van der Waals surface area contributed by atoms with Crippen LogP contribution in [0.4, 0.5) is 10.8 Å². The number of hydrogen-bond donors (Lipinski definition) is 3. The summed E-state index contributed by atoms with van der Waals surface area (Å²) >= 11 is 6.26. The summed E-state index contributed by atoms with van der Waals surface area (Å²) in [6, 6.07) is 5.25. The second kappa shape index (κ2) is 4.00. The summed E-state index contributed by atoms with van der Waals surface area (Å²) in [5.74, 6) is 0.233.